The van der Waals surface area contributed by atoms with Gasteiger partial charge in [-0.25, -0.2) is 8.42 Å². The summed E-state index contributed by atoms with van der Waals surface area (Å²) in [5.74, 6) is -0.926. The highest BCUT2D eigenvalue weighted by molar-refractivity contribution is 7.92. The highest BCUT2D eigenvalue weighted by Crippen LogP contribution is 2.28. The van der Waals surface area contributed by atoms with Crippen molar-refractivity contribution in [3.63, 3.8) is 0 Å². The summed E-state index contributed by atoms with van der Waals surface area (Å²) in [4.78, 5) is 28.1. The molecule has 2 aromatic carbocycles. The van der Waals surface area contributed by atoms with Crippen molar-refractivity contribution in [3.05, 3.63) is 63.1 Å². The topological polar surface area (TPSA) is 86.8 Å². The van der Waals surface area contributed by atoms with E-state index in [0.717, 1.165) is 10.6 Å². The van der Waals surface area contributed by atoms with Gasteiger partial charge in [0.1, 0.15) is 12.6 Å². The SMILES string of the molecule is CC[C@H](C(=O)N[C@@H](C)CC)N(Cc1c(Cl)cccc1Cl)C(=O)CN(c1cccc(Cl)c1)S(C)(=O)=O. The number of sulfonamides is 1. The molecule has 0 saturated carbocycles. The maximum atomic E-state index is 13.7. The third kappa shape index (κ3) is 8.00. The van der Waals surface area contributed by atoms with Crippen LogP contribution in [0.3, 0.4) is 0 Å². The van der Waals surface area contributed by atoms with Gasteiger partial charge in [-0.15, -0.1) is 0 Å². The number of halogens is 3. The molecule has 7 nitrogen and oxygen atoms in total. The van der Waals surface area contributed by atoms with Crippen molar-refractivity contribution in [2.75, 3.05) is 17.1 Å². The second kappa shape index (κ2) is 12.8. The number of carbonyl (C=O) groups excluding carboxylic acids is 2. The van der Waals surface area contributed by atoms with Crippen LogP contribution in [0.2, 0.25) is 15.1 Å². The van der Waals surface area contributed by atoms with Crippen molar-refractivity contribution >= 4 is 62.3 Å². The van der Waals surface area contributed by atoms with Gasteiger partial charge in [-0.2, -0.15) is 0 Å². The molecule has 2 atom stereocenters. The Labute approximate surface area is 222 Å². The van der Waals surface area contributed by atoms with Gasteiger partial charge in [0.2, 0.25) is 21.8 Å². The number of amides is 2. The fourth-order valence-corrected chi connectivity index (χ4v) is 5.00. The Morgan fingerprint density at radius 1 is 1.00 bits per heavy atom. The molecule has 2 aromatic rings. The van der Waals surface area contributed by atoms with Crippen LogP contribution in [-0.4, -0.2) is 50.0 Å². The molecule has 0 aliphatic heterocycles. The molecule has 2 rings (SSSR count). The molecule has 1 N–H and O–H groups in total. The number of rotatable bonds is 11. The minimum absolute atomic E-state index is 0.0725. The summed E-state index contributed by atoms with van der Waals surface area (Å²) in [6.07, 6.45) is 2.01. The van der Waals surface area contributed by atoms with E-state index in [0.29, 0.717) is 33.5 Å². The van der Waals surface area contributed by atoms with Crippen molar-refractivity contribution in [2.24, 2.45) is 0 Å². The van der Waals surface area contributed by atoms with Crippen molar-refractivity contribution in [1.82, 2.24) is 10.2 Å². The van der Waals surface area contributed by atoms with Crippen molar-refractivity contribution in [1.29, 1.82) is 0 Å². The smallest absolute Gasteiger partial charge is 0.244 e. The second-order valence-electron chi connectivity index (χ2n) is 8.21. The Balaban J connectivity index is 2.50. The zero-order valence-corrected chi connectivity index (χ0v) is 23.2. The van der Waals surface area contributed by atoms with E-state index in [1.165, 1.54) is 11.0 Å². The lowest BCUT2D eigenvalue weighted by molar-refractivity contribution is -0.140. The Hall–Kier alpha value is -2.00. The predicted octanol–water partition coefficient (Wildman–Crippen LogP) is 5.13. The Kier molecular flexibility index (Phi) is 10.7. The summed E-state index contributed by atoms with van der Waals surface area (Å²) in [6.45, 7) is 4.98. The van der Waals surface area contributed by atoms with E-state index in [2.05, 4.69) is 5.32 Å². The van der Waals surface area contributed by atoms with Crippen LogP contribution in [-0.2, 0) is 26.2 Å². The third-order valence-corrected chi connectivity index (χ3v) is 7.64. The van der Waals surface area contributed by atoms with Crippen LogP contribution in [0.1, 0.15) is 39.2 Å². The van der Waals surface area contributed by atoms with Crippen molar-refractivity contribution in [2.45, 2.75) is 52.2 Å². The molecule has 0 fully saturated rings. The zero-order valence-electron chi connectivity index (χ0n) is 20.1. The van der Waals surface area contributed by atoms with Crippen LogP contribution in [0.4, 0.5) is 5.69 Å². The fourth-order valence-electron chi connectivity index (χ4n) is 3.46. The van der Waals surface area contributed by atoms with Gasteiger partial charge >= 0.3 is 0 Å². The summed E-state index contributed by atoms with van der Waals surface area (Å²) in [5, 5.41) is 3.90. The van der Waals surface area contributed by atoms with Crippen LogP contribution in [0, 0.1) is 0 Å². The highest BCUT2D eigenvalue weighted by atomic mass is 35.5. The Morgan fingerprint density at radius 3 is 2.11 bits per heavy atom. The molecule has 11 heteroatoms. The van der Waals surface area contributed by atoms with E-state index in [-0.39, 0.29) is 24.2 Å². The van der Waals surface area contributed by atoms with E-state index in [4.69, 9.17) is 34.8 Å². The molecule has 0 aliphatic rings. The molecule has 0 aliphatic carbocycles. The lowest BCUT2D eigenvalue weighted by Gasteiger charge is -2.33. The Bertz CT molecular complexity index is 1140. The largest absolute Gasteiger partial charge is 0.352 e. The number of benzene rings is 2. The lowest BCUT2D eigenvalue weighted by Crippen LogP contribution is -2.53. The summed E-state index contributed by atoms with van der Waals surface area (Å²) < 4.78 is 26.2. The van der Waals surface area contributed by atoms with E-state index in [9.17, 15) is 18.0 Å². The van der Waals surface area contributed by atoms with Gasteiger partial charge in [0.05, 0.1) is 11.9 Å². The molecule has 0 heterocycles. The first kappa shape index (κ1) is 29.2. The highest BCUT2D eigenvalue weighted by Gasteiger charge is 2.33. The average molecular weight is 563 g/mol. The van der Waals surface area contributed by atoms with E-state index < -0.39 is 28.5 Å². The molecule has 0 spiro atoms. The molecule has 0 aromatic heterocycles. The minimum Gasteiger partial charge on any atom is -0.352 e. The maximum absolute atomic E-state index is 13.7. The number of anilines is 1. The minimum atomic E-state index is -3.85. The van der Waals surface area contributed by atoms with Gasteiger partial charge in [-0.05, 0) is 50.1 Å². The van der Waals surface area contributed by atoms with Gasteiger partial charge < -0.3 is 10.2 Å². The fraction of sp³-hybridized carbons (Fsp3) is 0.417. The molecule has 35 heavy (non-hydrogen) atoms. The van der Waals surface area contributed by atoms with Crippen molar-refractivity contribution in [3.8, 4) is 0 Å². The van der Waals surface area contributed by atoms with Crippen LogP contribution in [0.25, 0.3) is 0 Å². The normalized spacial score (nSPS) is 13.1. The van der Waals surface area contributed by atoms with E-state index >= 15 is 0 Å². The van der Waals surface area contributed by atoms with E-state index in [1.54, 1.807) is 43.3 Å². The monoisotopic (exact) mass is 561 g/mol. The molecule has 0 bridgehead atoms. The quantitative estimate of drug-likeness (QED) is 0.411. The van der Waals surface area contributed by atoms with Gasteiger partial charge in [-0.1, -0.05) is 60.8 Å². The van der Waals surface area contributed by atoms with Gasteiger partial charge in [-0.3, -0.25) is 13.9 Å². The standard InChI is InChI=1S/C24H30Cl3N3O4S/c1-5-16(3)28-24(32)22(6-2)29(14-19-20(26)11-8-12-21(19)27)23(31)15-30(35(4,33)34)18-10-7-9-17(25)13-18/h7-13,16,22H,5-6,14-15H2,1-4H3,(H,28,32)/t16-,22+/m0/s1. The summed E-state index contributed by atoms with van der Waals surface area (Å²) in [7, 11) is -3.85. The molecule has 192 valence electrons. The van der Waals surface area contributed by atoms with Crippen LogP contribution < -0.4 is 9.62 Å². The number of carbonyl (C=O) groups is 2. The molecule has 0 saturated heterocycles. The molecule has 0 radical (unpaired) electrons. The lowest BCUT2D eigenvalue weighted by atomic mass is 10.1. The number of nitrogens with one attached hydrogen (secondary N) is 1. The first-order valence-corrected chi connectivity index (χ1v) is 14.1. The van der Waals surface area contributed by atoms with Crippen molar-refractivity contribution < 1.29 is 18.0 Å². The van der Waals surface area contributed by atoms with Crippen LogP contribution in [0.5, 0.6) is 0 Å². The molecular formula is C24H30Cl3N3O4S. The molecular weight excluding hydrogens is 533 g/mol. The molecule has 2 amide bonds. The predicted molar refractivity (Wildman–Crippen MR) is 143 cm³/mol. The maximum Gasteiger partial charge on any atom is 0.244 e. The van der Waals surface area contributed by atoms with E-state index in [1.807, 2.05) is 13.8 Å². The third-order valence-electron chi connectivity index (χ3n) is 5.55. The first-order valence-electron chi connectivity index (χ1n) is 11.1. The second-order valence-corrected chi connectivity index (χ2v) is 11.4. The molecule has 0 unspecified atom stereocenters. The zero-order chi connectivity index (χ0) is 26.3. The number of nitrogens with zero attached hydrogens (tertiary/aromatic N) is 2. The summed E-state index contributed by atoms with van der Waals surface area (Å²) in [6, 6.07) is 10.2. The summed E-state index contributed by atoms with van der Waals surface area (Å²) in [5.41, 5.74) is 0.703. The first-order chi connectivity index (χ1) is 16.4. The Morgan fingerprint density at radius 2 is 1.60 bits per heavy atom. The van der Waals surface area contributed by atoms with Crippen LogP contribution in [0.15, 0.2) is 42.5 Å². The average Bonchev–Trinajstić information content (AvgIpc) is 2.78. The van der Waals surface area contributed by atoms with Crippen LogP contribution >= 0.6 is 34.8 Å². The van der Waals surface area contributed by atoms with Gasteiger partial charge in [0.25, 0.3) is 0 Å². The van der Waals surface area contributed by atoms with Gasteiger partial charge in [0, 0.05) is 33.2 Å². The number of hydrogen-bond acceptors (Lipinski definition) is 4. The summed E-state index contributed by atoms with van der Waals surface area (Å²) >= 11 is 18.8. The van der Waals surface area contributed by atoms with Gasteiger partial charge in [0.15, 0.2) is 0 Å². The number of hydrogen-bond donors (Lipinski definition) is 1.